The van der Waals surface area contributed by atoms with Crippen LogP contribution in [0.5, 0.6) is 0 Å². The van der Waals surface area contributed by atoms with Crippen molar-refractivity contribution in [2.75, 3.05) is 7.05 Å². The van der Waals surface area contributed by atoms with Gasteiger partial charge in [-0.05, 0) is 29.9 Å². The highest BCUT2D eigenvalue weighted by Gasteiger charge is 2.05. The van der Waals surface area contributed by atoms with Crippen molar-refractivity contribution in [3.05, 3.63) is 54.0 Å². The molecule has 0 aliphatic carbocycles. The fourth-order valence-corrected chi connectivity index (χ4v) is 1.73. The smallest absolute Gasteiger partial charge is 0.335 e. The molecule has 1 heterocycles. The third-order valence-corrected chi connectivity index (χ3v) is 2.74. The van der Waals surface area contributed by atoms with Gasteiger partial charge in [0.25, 0.3) is 0 Å². The zero-order chi connectivity index (χ0) is 14.7. The number of aromatic carboxylic acids is 1. The third-order valence-electron chi connectivity index (χ3n) is 2.74. The van der Waals surface area contributed by atoms with Crippen molar-refractivity contribution in [3.8, 4) is 11.3 Å². The van der Waals surface area contributed by atoms with Crippen molar-refractivity contribution in [2.24, 2.45) is 4.99 Å². The molecule has 0 saturated heterocycles. The topological polar surface area (TPSA) is 67.5 Å². The minimum atomic E-state index is -0.963. The second-order valence-corrected chi connectivity index (χ2v) is 4.09. The van der Waals surface area contributed by atoms with E-state index in [-0.39, 0.29) is 11.2 Å². The second-order valence-electron chi connectivity index (χ2n) is 4.09. The lowest BCUT2D eigenvalue weighted by Crippen LogP contribution is -2.22. The third kappa shape index (κ3) is 2.69. The van der Waals surface area contributed by atoms with Crippen LogP contribution in [0.15, 0.2) is 48.0 Å². The average Bonchev–Trinajstić information content (AvgIpc) is 2.46. The Morgan fingerprint density at radius 3 is 2.45 bits per heavy atom. The molecule has 0 amide bonds. The van der Waals surface area contributed by atoms with Crippen LogP contribution in [0.25, 0.3) is 16.9 Å². The van der Waals surface area contributed by atoms with Crippen LogP contribution in [0, 0.1) is 0 Å². The summed E-state index contributed by atoms with van der Waals surface area (Å²) in [5.41, 5.74) is 2.51. The highest BCUT2D eigenvalue weighted by molar-refractivity contribution is 6.37. The van der Waals surface area contributed by atoms with E-state index in [4.69, 9.17) is 13.0 Å². The van der Waals surface area contributed by atoms with Gasteiger partial charge in [0, 0.05) is 12.6 Å². The largest absolute Gasteiger partial charge is 0.478 e. The molecule has 1 aromatic carbocycles. The fraction of sp³-hybridized carbons (Fsp3) is 0.0714. The summed E-state index contributed by atoms with van der Waals surface area (Å²) in [6.07, 6.45) is 0. The van der Waals surface area contributed by atoms with E-state index in [2.05, 4.69) is 16.7 Å². The molecule has 6 heteroatoms. The summed E-state index contributed by atoms with van der Waals surface area (Å²) in [7, 11) is 7.31. The molecular weight excluding hydrogens is 253 g/mol. The van der Waals surface area contributed by atoms with Crippen LogP contribution in [0.2, 0.25) is 0 Å². The van der Waals surface area contributed by atoms with E-state index in [1.807, 2.05) is 0 Å². The Labute approximate surface area is 117 Å². The number of hydrogen-bond acceptors (Lipinski definition) is 3. The van der Waals surface area contributed by atoms with E-state index in [9.17, 15) is 4.79 Å². The van der Waals surface area contributed by atoms with Crippen LogP contribution >= 0.6 is 0 Å². The molecule has 2 radical (unpaired) electrons. The molecule has 5 nitrogen and oxygen atoms in total. The SMILES string of the molecule is [B]C(=C)n1nc(-c2ccc(C(=O)O)cc2)ccc1=NC. The van der Waals surface area contributed by atoms with E-state index in [0.29, 0.717) is 11.2 Å². The van der Waals surface area contributed by atoms with Crippen molar-refractivity contribution in [1.29, 1.82) is 0 Å². The van der Waals surface area contributed by atoms with Gasteiger partial charge < -0.3 is 5.11 Å². The number of carboxylic acids is 1. The maximum Gasteiger partial charge on any atom is 0.335 e. The Balaban J connectivity index is 2.50. The van der Waals surface area contributed by atoms with Crippen molar-refractivity contribution in [3.63, 3.8) is 0 Å². The number of hydrogen-bond donors (Lipinski definition) is 1. The molecule has 0 aliphatic heterocycles. The first-order valence-corrected chi connectivity index (χ1v) is 5.84. The van der Waals surface area contributed by atoms with Gasteiger partial charge in [0.1, 0.15) is 13.3 Å². The maximum absolute atomic E-state index is 10.8. The summed E-state index contributed by atoms with van der Waals surface area (Å²) in [4.78, 5) is 14.9. The van der Waals surface area contributed by atoms with Crippen molar-refractivity contribution in [2.45, 2.75) is 0 Å². The van der Waals surface area contributed by atoms with Gasteiger partial charge >= 0.3 is 5.97 Å². The second kappa shape index (κ2) is 5.56. The van der Waals surface area contributed by atoms with Crippen LogP contribution in [-0.4, -0.2) is 35.8 Å². The Kier molecular flexibility index (Phi) is 3.84. The molecule has 0 unspecified atom stereocenters. The molecule has 2 rings (SSSR count). The van der Waals surface area contributed by atoms with Gasteiger partial charge in [-0.25, -0.2) is 9.48 Å². The zero-order valence-corrected chi connectivity index (χ0v) is 10.9. The molecule has 1 N–H and O–H groups in total. The summed E-state index contributed by atoms with van der Waals surface area (Å²) in [5.74, 6) is -0.963. The molecule has 20 heavy (non-hydrogen) atoms. The maximum atomic E-state index is 10.8. The first-order chi connectivity index (χ1) is 9.52. The molecule has 0 saturated carbocycles. The first-order valence-electron chi connectivity index (χ1n) is 5.84. The number of rotatable bonds is 3. The van der Waals surface area contributed by atoms with E-state index in [1.165, 1.54) is 16.8 Å². The monoisotopic (exact) mass is 265 g/mol. The molecule has 0 atom stereocenters. The number of benzene rings is 1. The summed E-state index contributed by atoms with van der Waals surface area (Å²) in [5, 5.41) is 13.2. The Morgan fingerprint density at radius 1 is 1.30 bits per heavy atom. The van der Waals surface area contributed by atoms with Crippen molar-refractivity contribution < 1.29 is 9.90 Å². The molecule has 0 spiro atoms. The summed E-state index contributed by atoms with van der Waals surface area (Å²) >= 11 is 0. The standard InChI is InChI=1S/C14H12BN3O2/c1-9(15)18-13(16-2)8-7-12(17-18)10-3-5-11(6-4-10)14(19)20/h3-8H,1H2,2H3,(H,19,20). The van der Waals surface area contributed by atoms with Gasteiger partial charge in [-0.3, -0.25) is 4.99 Å². The number of carbonyl (C=O) groups is 1. The van der Waals surface area contributed by atoms with Gasteiger partial charge in [-0.1, -0.05) is 18.7 Å². The predicted molar refractivity (Wildman–Crippen MR) is 77.2 cm³/mol. The van der Waals surface area contributed by atoms with Gasteiger partial charge in [0.05, 0.1) is 11.3 Å². The van der Waals surface area contributed by atoms with Gasteiger partial charge in [0.15, 0.2) is 0 Å². The minimum Gasteiger partial charge on any atom is -0.478 e. The minimum absolute atomic E-state index is 0.227. The number of nitrogens with zero attached hydrogens (tertiary/aromatic N) is 3. The fourth-order valence-electron chi connectivity index (χ4n) is 1.73. The van der Waals surface area contributed by atoms with E-state index in [1.54, 1.807) is 31.3 Å². The normalized spacial score (nSPS) is 11.3. The van der Waals surface area contributed by atoms with Crippen molar-refractivity contribution in [1.82, 2.24) is 9.78 Å². The van der Waals surface area contributed by atoms with Crippen LogP contribution in [0.1, 0.15) is 10.4 Å². The van der Waals surface area contributed by atoms with E-state index < -0.39 is 5.97 Å². The Morgan fingerprint density at radius 2 is 1.95 bits per heavy atom. The number of aromatic nitrogens is 2. The Hall–Kier alpha value is -2.63. The number of carboxylic acid groups (broad SMARTS) is 1. The average molecular weight is 265 g/mol. The predicted octanol–water partition coefficient (Wildman–Crippen LogP) is 1.38. The molecule has 98 valence electrons. The molecular formula is C14H12BN3O2. The van der Waals surface area contributed by atoms with Gasteiger partial charge in [0.2, 0.25) is 0 Å². The van der Waals surface area contributed by atoms with Crippen LogP contribution in [-0.2, 0) is 0 Å². The van der Waals surface area contributed by atoms with Gasteiger partial charge in [-0.2, -0.15) is 5.10 Å². The first kappa shape index (κ1) is 13.8. The zero-order valence-electron chi connectivity index (χ0n) is 10.9. The summed E-state index contributed by atoms with van der Waals surface area (Å²) < 4.78 is 1.43. The summed E-state index contributed by atoms with van der Waals surface area (Å²) in [6, 6.07) is 10.00. The lowest BCUT2D eigenvalue weighted by atomic mass is 10.1. The van der Waals surface area contributed by atoms with Crippen LogP contribution in [0.4, 0.5) is 0 Å². The van der Waals surface area contributed by atoms with E-state index in [0.717, 1.165) is 5.56 Å². The molecule has 2 aromatic rings. The highest BCUT2D eigenvalue weighted by atomic mass is 16.4. The molecule has 0 bridgehead atoms. The van der Waals surface area contributed by atoms with Crippen LogP contribution < -0.4 is 5.49 Å². The molecule has 0 aliphatic rings. The quantitative estimate of drug-likeness (QED) is 0.852. The molecule has 1 aromatic heterocycles. The lowest BCUT2D eigenvalue weighted by Gasteiger charge is -2.08. The van der Waals surface area contributed by atoms with Crippen molar-refractivity contribution >= 4 is 19.4 Å². The Bertz CT molecular complexity index is 733. The summed E-state index contributed by atoms with van der Waals surface area (Å²) in [6.45, 7) is 3.65. The van der Waals surface area contributed by atoms with Crippen LogP contribution in [0.3, 0.4) is 0 Å². The lowest BCUT2D eigenvalue weighted by molar-refractivity contribution is 0.0697. The highest BCUT2D eigenvalue weighted by Crippen LogP contribution is 2.16. The van der Waals surface area contributed by atoms with E-state index >= 15 is 0 Å². The van der Waals surface area contributed by atoms with Gasteiger partial charge in [-0.15, -0.1) is 0 Å². The molecule has 0 fully saturated rings.